The van der Waals surface area contributed by atoms with E-state index in [2.05, 4.69) is 15.2 Å². The van der Waals surface area contributed by atoms with Crippen LogP contribution in [0.2, 0.25) is 0 Å². The zero-order chi connectivity index (χ0) is 14.7. The number of amides is 1. The minimum absolute atomic E-state index is 0.188. The lowest BCUT2D eigenvalue weighted by molar-refractivity contribution is -0.133. The van der Waals surface area contributed by atoms with Crippen molar-refractivity contribution in [2.75, 3.05) is 13.1 Å². The second-order valence-electron chi connectivity index (χ2n) is 5.54. The summed E-state index contributed by atoms with van der Waals surface area (Å²) in [6.07, 6.45) is 9.59. The van der Waals surface area contributed by atoms with Crippen LogP contribution in [0.4, 0.5) is 0 Å². The molecule has 112 valence electrons. The number of likely N-dealkylation sites (tertiary alicyclic amines) is 1. The SMILES string of the molecule is Cc1cnn(CCC(=O)N2CCC[C@H](n3cncn3)C2)c1. The van der Waals surface area contributed by atoms with E-state index >= 15 is 0 Å². The number of nitrogens with zero attached hydrogens (tertiary/aromatic N) is 6. The van der Waals surface area contributed by atoms with E-state index in [1.54, 1.807) is 12.7 Å². The first-order chi connectivity index (χ1) is 10.2. The summed E-state index contributed by atoms with van der Waals surface area (Å²) < 4.78 is 3.68. The molecule has 0 aromatic carbocycles. The highest BCUT2D eigenvalue weighted by atomic mass is 16.2. The molecule has 2 aromatic rings. The maximum absolute atomic E-state index is 12.3. The molecule has 1 aliphatic rings. The van der Waals surface area contributed by atoms with Gasteiger partial charge < -0.3 is 4.90 Å². The van der Waals surface area contributed by atoms with Gasteiger partial charge in [-0.15, -0.1) is 0 Å². The van der Waals surface area contributed by atoms with Crippen molar-refractivity contribution in [2.24, 2.45) is 0 Å². The molecule has 3 rings (SSSR count). The van der Waals surface area contributed by atoms with Gasteiger partial charge in [0.2, 0.25) is 5.91 Å². The molecule has 0 bridgehead atoms. The fraction of sp³-hybridized carbons (Fsp3) is 0.571. The van der Waals surface area contributed by atoms with Gasteiger partial charge in [0, 0.05) is 32.3 Å². The van der Waals surface area contributed by atoms with E-state index in [9.17, 15) is 4.79 Å². The fourth-order valence-electron chi connectivity index (χ4n) is 2.76. The first-order valence-corrected chi connectivity index (χ1v) is 7.33. The van der Waals surface area contributed by atoms with Gasteiger partial charge in [-0.05, 0) is 25.3 Å². The zero-order valence-electron chi connectivity index (χ0n) is 12.2. The number of carbonyl (C=O) groups excluding carboxylic acids is 1. The maximum atomic E-state index is 12.3. The topological polar surface area (TPSA) is 68.8 Å². The number of piperidine rings is 1. The molecule has 21 heavy (non-hydrogen) atoms. The second-order valence-corrected chi connectivity index (χ2v) is 5.54. The molecule has 1 fully saturated rings. The van der Waals surface area contributed by atoms with Gasteiger partial charge in [0.15, 0.2) is 0 Å². The predicted molar refractivity (Wildman–Crippen MR) is 76.5 cm³/mol. The zero-order valence-corrected chi connectivity index (χ0v) is 12.2. The van der Waals surface area contributed by atoms with Crippen LogP contribution in [0.5, 0.6) is 0 Å². The number of rotatable bonds is 4. The Morgan fingerprint density at radius 3 is 3.05 bits per heavy atom. The molecule has 2 aromatic heterocycles. The molecule has 0 aliphatic carbocycles. The maximum Gasteiger partial charge on any atom is 0.224 e. The van der Waals surface area contributed by atoms with Crippen molar-refractivity contribution in [3.8, 4) is 0 Å². The van der Waals surface area contributed by atoms with Crippen molar-refractivity contribution < 1.29 is 4.79 Å². The lowest BCUT2D eigenvalue weighted by Gasteiger charge is -2.32. The molecule has 1 aliphatic heterocycles. The Hall–Kier alpha value is -2.18. The van der Waals surface area contributed by atoms with Gasteiger partial charge in [-0.25, -0.2) is 9.67 Å². The number of carbonyl (C=O) groups is 1. The van der Waals surface area contributed by atoms with Crippen molar-refractivity contribution in [2.45, 2.75) is 38.8 Å². The monoisotopic (exact) mass is 288 g/mol. The minimum atomic E-state index is 0.188. The highest BCUT2D eigenvalue weighted by Crippen LogP contribution is 2.20. The molecule has 1 amide bonds. The van der Waals surface area contributed by atoms with Crippen molar-refractivity contribution >= 4 is 5.91 Å². The van der Waals surface area contributed by atoms with Crippen LogP contribution in [-0.2, 0) is 11.3 Å². The third-order valence-corrected chi connectivity index (χ3v) is 3.88. The van der Waals surface area contributed by atoms with Gasteiger partial charge in [-0.2, -0.15) is 10.2 Å². The Morgan fingerprint density at radius 2 is 2.33 bits per heavy atom. The van der Waals surface area contributed by atoms with Crippen molar-refractivity contribution in [3.05, 3.63) is 30.6 Å². The lowest BCUT2D eigenvalue weighted by Crippen LogP contribution is -2.41. The second kappa shape index (κ2) is 6.07. The third kappa shape index (κ3) is 3.29. The van der Waals surface area contributed by atoms with Crippen LogP contribution in [0.3, 0.4) is 0 Å². The standard InChI is InChI=1S/C14H20N6O/c1-12-7-16-19(8-12)6-4-14(21)18-5-2-3-13(9-18)20-11-15-10-17-20/h7-8,10-11,13H,2-6,9H2,1H3/t13-/m0/s1. The van der Waals surface area contributed by atoms with E-state index in [1.807, 2.05) is 33.6 Å². The summed E-state index contributed by atoms with van der Waals surface area (Å²) in [7, 11) is 0. The van der Waals surface area contributed by atoms with E-state index < -0.39 is 0 Å². The smallest absolute Gasteiger partial charge is 0.224 e. The summed E-state index contributed by atoms with van der Waals surface area (Å²) >= 11 is 0. The van der Waals surface area contributed by atoms with E-state index in [0.29, 0.717) is 13.0 Å². The summed E-state index contributed by atoms with van der Waals surface area (Å²) in [6.45, 7) is 4.19. The molecule has 0 N–H and O–H groups in total. The Kier molecular flexibility index (Phi) is 3.98. The van der Waals surface area contributed by atoms with Crippen LogP contribution in [0, 0.1) is 6.92 Å². The van der Waals surface area contributed by atoms with E-state index in [0.717, 1.165) is 31.5 Å². The van der Waals surface area contributed by atoms with Crippen LogP contribution >= 0.6 is 0 Å². The minimum Gasteiger partial charge on any atom is -0.340 e. The molecular formula is C14H20N6O. The van der Waals surface area contributed by atoms with Crippen LogP contribution < -0.4 is 0 Å². The Bertz CT molecular complexity index is 590. The van der Waals surface area contributed by atoms with E-state index in [4.69, 9.17) is 0 Å². The average Bonchev–Trinajstić information content (AvgIpc) is 3.16. The molecule has 3 heterocycles. The van der Waals surface area contributed by atoms with Gasteiger partial charge in [-0.1, -0.05) is 0 Å². The number of aromatic nitrogens is 5. The van der Waals surface area contributed by atoms with Crippen LogP contribution in [0.15, 0.2) is 25.0 Å². The summed E-state index contributed by atoms with van der Waals surface area (Å²) in [5.74, 6) is 0.188. The highest BCUT2D eigenvalue weighted by Gasteiger charge is 2.24. The van der Waals surface area contributed by atoms with Crippen molar-refractivity contribution in [1.29, 1.82) is 0 Å². The molecule has 1 saturated heterocycles. The van der Waals surface area contributed by atoms with Gasteiger partial charge in [0.1, 0.15) is 12.7 Å². The first-order valence-electron chi connectivity index (χ1n) is 7.33. The van der Waals surface area contributed by atoms with E-state index in [1.165, 1.54) is 0 Å². The summed E-state index contributed by atoms with van der Waals surface area (Å²) in [4.78, 5) is 18.3. The molecule has 0 saturated carbocycles. The fourth-order valence-corrected chi connectivity index (χ4v) is 2.76. The lowest BCUT2D eigenvalue weighted by atomic mass is 10.1. The van der Waals surface area contributed by atoms with Gasteiger partial charge in [-0.3, -0.25) is 9.48 Å². The molecule has 0 radical (unpaired) electrons. The summed E-state index contributed by atoms with van der Waals surface area (Å²) in [5, 5.41) is 8.40. The number of hydrogen-bond acceptors (Lipinski definition) is 4. The first kappa shape index (κ1) is 13.8. The molecule has 0 unspecified atom stereocenters. The highest BCUT2D eigenvalue weighted by molar-refractivity contribution is 5.76. The Labute approximate surface area is 123 Å². The molecular weight excluding hydrogens is 268 g/mol. The summed E-state index contributed by atoms with van der Waals surface area (Å²) in [5.41, 5.74) is 1.12. The largest absolute Gasteiger partial charge is 0.340 e. The Balaban J connectivity index is 1.54. The van der Waals surface area contributed by atoms with Crippen LogP contribution in [0.25, 0.3) is 0 Å². The predicted octanol–water partition coefficient (Wildman–Crippen LogP) is 1.04. The normalized spacial score (nSPS) is 18.9. The number of aryl methyl sites for hydroxylation is 2. The third-order valence-electron chi connectivity index (χ3n) is 3.88. The quantitative estimate of drug-likeness (QED) is 0.843. The average molecular weight is 288 g/mol. The van der Waals surface area contributed by atoms with Crippen LogP contribution in [0.1, 0.15) is 30.9 Å². The molecule has 7 heteroatoms. The molecule has 0 spiro atoms. The molecule has 1 atom stereocenters. The summed E-state index contributed by atoms with van der Waals surface area (Å²) in [6, 6.07) is 0.247. The van der Waals surface area contributed by atoms with Crippen molar-refractivity contribution in [1.82, 2.24) is 29.4 Å². The molecule has 7 nitrogen and oxygen atoms in total. The van der Waals surface area contributed by atoms with Gasteiger partial charge in [0.25, 0.3) is 0 Å². The van der Waals surface area contributed by atoms with Gasteiger partial charge in [0.05, 0.1) is 12.2 Å². The van der Waals surface area contributed by atoms with Crippen molar-refractivity contribution in [3.63, 3.8) is 0 Å². The van der Waals surface area contributed by atoms with Gasteiger partial charge >= 0.3 is 0 Å². The Morgan fingerprint density at radius 1 is 1.43 bits per heavy atom. The number of hydrogen-bond donors (Lipinski definition) is 0. The van der Waals surface area contributed by atoms with E-state index in [-0.39, 0.29) is 11.9 Å². The van der Waals surface area contributed by atoms with Crippen LogP contribution in [-0.4, -0.2) is 48.4 Å².